The highest BCUT2D eigenvalue weighted by atomic mass is 16.4. The van der Waals surface area contributed by atoms with Crippen LogP contribution in [0.2, 0.25) is 0 Å². The Labute approximate surface area is 106 Å². The van der Waals surface area contributed by atoms with E-state index in [4.69, 9.17) is 10.2 Å². The average molecular weight is 259 g/mol. The van der Waals surface area contributed by atoms with Gasteiger partial charge in [0.15, 0.2) is 0 Å². The molecular weight excluding hydrogens is 238 g/mol. The van der Waals surface area contributed by atoms with Crippen molar-refractivity contribution < 1.29 is 19.8 Å². The Morgan fingerprint density at radius 2 is 2.22 bits per heavy atom. The Balaban J connectivity index is 2.29. The van der Waals surface area contributed by atoms with Gasteiger partial charge in [0.05, 0.1) is 0 Å². The van der Waals surface area contributed by atoms with Crippen LogP contribution in [-0.2, 0) is 4.79 Å². The molecule has 2 amide bonds. The number of aliphatic carboxylic acids is 1. The molecular formula is C11H21N3O4. The van der Waals surface area contributed by atoms with Crippen molar-refractivity contribution in [3.05, 3.63) is 0 Å². The summed E-state index contributed by atoms with van der Waals surface area (Å²) < 4.78 is 0. The average Bonchev–Trinajstić information content (AvgIpc) is 2.71. The number of nitrogens with zero attached hydrogens (tertiary/aromatic N) is 1. The van der Waals surface area contributed by atoms with Gasteiger partial charge < -0.3 is 25.7 Å². The van der Waals surface area contributed by atoms with E-state index in [0.717, 1.165) is 19.4 Å². The predicted octanol–water partition coefficient (Wildman–Crippen LogP) is -0.785. The van der Waals surface area contributed by atoms with Crippen molar-refractivity contribution in [1.82, 2.24) is 15.5 Å². The molecule has 18 heavy (non-hydrogen) atoms. The first-order valence-corrected chi connectivity index (χ1v) is 6.13. The molecule has 1 aliphatic heterocycles. The van der Waals surface area contributed by atoms with Gasteiger partial charge in [-0.05, 0) is 26.4 Å². The monoisotopic (exact) mass is 259 g/mol. The molecule has 0 saturated carbocycles. The number of amides is 2. The third-order valence-electron chi connectivity index (χ3n) is 3.19. The summed E-state index contributed by atoms with van der Waals surface area (Å²) in [7, 11) is 2.00. The number of carbonyl (C=O) groups excluding carboxylic acids is 1. The minimum absolute atomic E-state index is 0.00604. The number of carboxylic acid groups (broad SMARTS) is 1. The maximum Gasteiger partial charge on any atom is 0.326 e. The number of likely N-dealkylation sites (tertiary alicyclic amines) is 1. The summed E-state index contributed by atoms with van der Waals surface area (Å²) in [5.74, 6) is -1.14. The standard InChI is InChI=1S/C11H21N3O4/c1-14-5-2-3-8(14)7-12-11(18)13-9(4-6-15)10(16)17/h8-9,15H,2-7H2,1H3,(H,16,17)(H2,12,13,18)/t8?,9-/m0/s1. The van der Waals surface area contributed by atoms with Gasteiger partial charge in [0.2, 0.25) is 0 Å². The summed E-state index contributed by atoms with van der Waals surface area (Å²) in [5, 5.41) is 22.5. The number of rotatable bonds is 6. The second kappa shape index (κ2) is 7.17. The van der Waals surface area contributed by atoms with E-state index in [1.807, 2.05) is 7.05 Å². The lowest BCUT2D eigenvalue weighted by atomic mass is 10.2. The van der Waals surface area contributed by atoms with Crippen LogP contribution in [0.15, 0.2) is 0 Å². The summed E-state index contributed by atoms with van der Waals surface area (Å²) in [6.07, 6.45) is 2.16. The minimum Gasteiger partial charge on any atom is -0.480 e. The summed E-state index contributed by atoms with van der Waals surface area (Å²) in [5.41, 5.74) is 0. The molecule has 4 N–H and O–H groups in total. The Morgan fingerprint density at radius 1 is 1.50 bits per heavy atom. The van der Waals surface area contributed by atoms with E-state index in [-0.39, 0.29) is 13.0 Å². The fraction of sp³-hybridized carbons (Fsp3) is 0.818. The maximum absolute atomic E-state index is 11.5. The van der Waals surface area contributed by atoms with Gasteiger partial charge in [-0.15, -0.1) is 0 Å². The van der Waals surface area contributed by atoms with Gasteiger partial charge in [-0.25, -0.2) is 9.59 Å². The molecule has 7 heteroatoms. The minimum atomic E-state index is -1.14. The van der Waals surface area contributed by atoms with Crippen molar-refractivity contribution in [3.8, 4) is 0 Å². The quantitative estimate of drug-likeness (QED) is 0.501. The van der Waals surface area contributed by atoms with Crippen LogP contribution in [0.4, 0.5) is 4.79 Å². The Bertz CT molecular complexity index is 298. The first-order chi connectivity index (χ1) is 8.54. The van der Waals surface area contributed by atoms with Gasteiger partial charge in [-0.2, -0.15) is 0 Å². The largest absolute Gasteiger partial charge is 0.480 e. The highest BCUT2D eigenvalue weighted by molar-refractivity contribution is 5.82. The molecule has 0 spiro atoms. The molecule has 0 aromatic rings. The number of carboxylic acids is 1. The molecule has 0 aliphatic carbocycles. The maximum atomic E-state index is 11.5. The van der Waals surface area contributed by atoms with Crippen LogP contribution in [0.25, 0.3) is 0 Å². The highest BCUT2D eigenvalue weighted by Gasteiger charge is 2.23. The zero-order chi connectivity index (χ0) is 13.5. The number of hydrogen-bond donors (Lipinski definition) is 4. The normalized spacial score (nSPS) is 21.6. The van der Waals surface area contributed by atoms with Crippen LogP contribution in [0.5, 0.6) is 0 Å². The zero-order valence-corrected chi connectivity index (χ0v) is 10.6. The number of likely N-dealkylation sites (N-methyl/N-ethyl adjacent to an activating group) is 1. The van der Waals surface area contributed by atoms with Crippen molar-refractivity contribution in [3.63, 3.8) is 0 Å². The van der Waals surface area contributed by atoms with Crippen LogP contribution in [0, 0.1) is 0 Å². The van der Waals surface area contributed by atoms with Gasteiger partial charge in [-0.3, -0.25) is 0 Å². The lowest BCUT2D eigenvalue weighted by molar-refractivity contribution is -0.139. The number of urea groups is 1. The predicted molar refractivity (Wildman–Crippen MR) is 65.3 cm³/mol. The number of hydrogen-bond acceptors (Lipinski definition) is 4. The summed E-state index contributed by atoms with van der Waals surface area (Å²) in [6.45, 7) is 1.26. The molecule has 0 bridgehead atoms. The third kappa shape index (κ3) is 4.50. The fourth-order valence-corrected chi connectivity index (χ4v) is 2.04. The Hall–Kier alpha value is -1.34. The lowest BCUT2D eigenvalue weighted by Crippen LogP contribution is -2.49. The molecule has 1 unspecified atom stereocenters. The first kappa shape index (κ1) is 14.7. The summed E-state index contributed by atoms with van der Waals surface area (Å²) >= 11 is 0. The van der Waals surface area contributed by atoms with E-state index < -0.39 is 18.0 Å². The first-order valence-electron chi connectivity index (χ1n) is 6.13. The van der Waals surface area contributed by atoms with Crippen LogP contribution in [0.3, 0.4) is 0 Å². The molecule has 1 rings (SSSR count). The second-order valence-electron chi connectivity index (χ2n) is 4.53. The molecule has 104 valence electrons. The van der Waals surface area contributed by atoms with Crippen molar-refractivity contribution in [2.45, 2.75) is 31.3 Å². The van der Waals surface area contributed by atoms with Crippen LogP contribution in [-0.4, -0.2) is 65.9 Å². The molecule has 0 aromatic heterocycles. The van der Waals surface area contributed by atoms with Gasteiger partial charge in [0.1, 0.15) is 6.04 Å². The highest BCUT2D eigenvalue weighted by Crippen LogP contribution is 2.13. The number of nitrogens with one attached hydrogen (secondary N) is 2. The molecule has 1 aliphatic rings. The smallest absolute Gasteiger partial charge is 0.326 e. The van der Waals surface area contributed by atoms with Crippen molar-refractivity contribution in [2.75, 3.05) is 26.7 Å². The second-order valence-corrected chi connectivity index (χ2v) is 4.53. The van der Waals surface area contributed by atoms with Crippen molar-refractivity contribution >= 4 is 12.0 Å². The van der Waals surface area contributed by atoms with Crippen molar-refractivity contribution in [1.29, 1.82) is 0 Å². The van der Waals surface area contributed by atoms with E-state index >= 15 is 0 Å². The lowest BCUT2D eigenvalue weighted by Gasteiger charge is -2.20. The SMILES string of the molecule is CN1CCCC1CNC(=O)N[C@@H](CCO)C(=O)O. The Morgan fingerprint density at radius 3 is 2.72 bits per heavy atom. The fourth-order valence-electron chi connectivity index (χ4n) is 2.04. The molecule has 1 fully saturated rings. The molecule has 1 heterocycles. The molecule has 0 radical (unpaired) electrons. The van der Waals surface area contributed by atoms with E-state index in [1.54, 1.807) is 0 Å². The van der Waals surface area contributed by atoms with Crippen LogP contribution in [0.1, 0.15) is 19.3 Å². The zero-order valence-electron chi connectivity index (χ0n) is 10.6. The molecule has 1 saturated heterocycles. The topological polar surface area (TPSA) is 102 Å². The molecule has 7 nitrogen and oxygen atoms in total. The summed E-state index contributed by atoms with van der Waals surface area (Å²) in [4.78, 5) is 24.5. The number of aliphatic hydroxyl groups is 1. The Kier molecular flexibility index (Phi) is 5.87. The van der Waals surface area contributed by atoms with Gasteiger partial charge in [0.25, 0.3) is 0 Å². The van der Waals surface area contributed by atoms with E-state index in [2.05, 4.69) is 15.5 Å². The van der Waals surface area contributed by atoms with E-state index in [0.29, 0.717) is 12.6 Å². The van der Waals surface area contributed by atoms with Gasteiger partial charge in [-0.1, -0.05) is 0 Å². The third-order valence-corrected chi connectivity index (χ3v) is 3.19. The molecule has 0 aromatic carbocycles. The van der Waals surface area contributed by atoms with Crippen LogP contribution < -0.4 is 10.6 Å². The van der Waals surface area contributed by atoms with Crippen molar-refractivity contribution in [2.24, 2.45) is 0 Å². The van der Waals surface area contributed by atoms with Crippen LogP contribution >= 0.6 is 0 Å². The van der Waals surface area contributed by atoms with E-state index in [9.17, 15) is 9.59 Å². The van der Waals surface area contributed by atoms with Gasteiger partial charge in [0, 0.05) is 25.6 Å². The van der Waals surface area contributed by atoms with Gasteiger partial charge >= 0.3 is 12.0 Å². The number of aliphatic hydroxyl groups excluding tert-OH is 1. The summed E-state index contributed by atoms with van der Waals surface area (Å²) in [6, 6.07) is -1.23. The number of carbonyl (C=O) groups is 2. The van der Waals surface area contributed by atoms with E-state index in [1.165, 1.54) is 0 Å². The molecule has 2 atom stereocenters.